The Hall–Kier alpha value is -2.46. The number of hydrogen-bond acceptors (Lipinski definition) is 2. The van der Waals surface area contributed by atoms with Crippen LogP contribution in [0.5, 0.6) is 0 Å². The molecular weight excluding hydrogens is 301 g/mol. The Labute approximate surface area is 142 Å². The number of nitrogen functional groups attached to an aromatic ring is 1. The van der Waals surface area contributed by atoms with Gasteiger partial charge >= 0.3 is 0 Å². The first-order chi connectivity index (χ1) is 11.4. The molecule has 0 aliphatic rings. The van der Waals surface area contributed by atoms with Gasteiger partial charge in [0.05, 0.1) is 5.56 Å². The lowest BCUT2D eigenvalue weighted by Crippen LogP contribution is -2.22. The molecule has 0 aliphatic heterocycles. The molecule has 0 heterocycles. The fraction of sp³-hybridized carbons (Fsp3) is 0.250. The average Bonchev–Trinajstić information content (AvgIpc) is 2.54. The third-order valence-electron chi connectivity index (χ3n) is 4.12. The summed E-state index contributed by atoms with van der Waals surface area (Å²) in [6, 6.07) is 13.1. The Balaban J connectivity index is 1.89. The second-order valence-electron chi connectivity index (χ2n) is 6.15. The van der Waals surface area contributed by atoms with Gasteiger partial charge in [-0.2, -0.15) is 0 Å². The van der Waals surface area contributed by atoms with Gasteiger partial charge in [0, 0.05) is 13.1 Å². The van der Waals surface area contributed by atoms with Crippen LogP contribution in [0.15, 0.2) is 49.0 Å². The highest BCUT2D eigenvalue weighted by Crippen LogP contribution is 2.21. The Kier molecular flexibility index (Phi) is 5.88. The monoisotopic (exact) mass is 325 g/mol. The molecule has 0 saturated carbocycles. The molecule has 0 bridgehead atoms. The first-order valence-corrected chi connectivity index (χ1v) is 7.98. The minimum Gasteiger partial charge on any atom is -0.384 e. The highest BCUT2D eigenvalue weighted by molar-refractivity contribution is 5.95. The van der Waals surface area contributed by atoms with Gasteiger partial charge in [0.2, 0.25) is 0 Å². The molecule has 2 aromatic rings. The summed E-state index contributed by atoms with van der Waals surface area (Å²) in [6.07, 6.45) is 0. The van der Waals surface area contributed by atoms with Crippen molar-refractivity contribution in [3.63, 3.8) is 0 Å². The molecule has 0 amide bonds. The quantitative estimate of drug-likeness (QED) is 0.535. The Bertz CT molecular complexity index is 735. The van der Waals surface area contributed by atoms with E-state index in [2.05, 4.69) is 50.0 Å². The zero-order valence-electron chi connectivity index (χ0n) is 14.2. The van der Waals surface area contributed by atoms with Crippen molar-refractivity contribution >= 4 is 11.4 Å². The summed E-state index contributed by atoms with van der Waals surface area (Å²) in [5.74, 6) is -0.442. The minimum absolute atomic E-state index is 0.139. The standard InChI is InChI=1S/C20H24FN3/c1-13-4-7-17(8-5-13)15(3)14(2)11-24-12-16-6-9-18(20(22)23)19(21)10-16/h4-10,14,24H,3,11-12H2,1-2H3,(H3,22,23)/t14-/m1/s1. The van der Waals surface area contributed by atoms with E-state index in [4.69, 9.17) is 11.1 Å². The van der Waals surface area contributed by atoms with Gasteiger partial charge in [0.1, 0.15) is 11.7 Å². The Morgan fingerprint density at radius 2 is 1.92 bits per heavy atom. The van der Waals surface area contributed by atoms with Crippen molar-refractivity contribution in [2.75, 3.05) is 6.54 Å². The van der Waals surface area contributed by atoms with Crippen LogP contribution in [0, 0.1) is 24.1 Å². The second-order valence-corrected chi connectivity index (χ2v) is 6.15. The van der Waals surface area contributed by atoms with Gasteiger partial charge in [-0.05, 0) is 41.7 Å². The van der Waals surface area contributed by atoms with E-state index in [9.17, 15) is 4.39 Å². The molecule has 0 spiro atoms. The molecule has 4 heteroatoms. The summed E-state index contributed by atoms with van der Waals surface area (Å²) < 4.78 is 13.8. The highest BCUT2D eigenvalue weighted by atomic mass is 19.1. The molecule has 0 aromatic heterocycles. The normalized spacial score (nSPS) is 12.0. The van der Waals surface area contributed by atoms with Crippen LogP contribution in [0.2, 0.25) is 0 Å². The van der Waals surface area contributed by atoms with Crippen LogP contribution in [-0.4, -0.2) is 12.4 Å². The molecule has 126 valence electrons. The molecule has 0 unspecified atom stereocenters. The number of halogens is 1. The summed E-state index contributed by atoms with van der Waals surface area (Å²) in [7, 11) is 0. The van der Waals surface area contributed by atoms with Crippen molar-refractivity contribution in [1.29, 1.82) is 5.41 Å². The van der Waals surface area contributed by atoms with E-state index in [1.807, 2.05) is 0 Å². The van der Waals surface area contributed by atoms with Crippen molar-refractivity contribution < 1.29 is 4.39 Å². The largest absolute Gasteiger partial charge is 0.384 e. The van der Waals surface area contributed by atoms with Crippen molar-refractivity contribution in [3.05, 3.63) is 77.1 Å². The first kappa shape index (κ1) is 17.9. The lowest BCUT2D eigenvalue weighted by molar-refractivity contribution is 0.595. The summed E-state index contributed by atoms with van der Waals surface area (Å²) >= 11 is 0. The Morgan fingerprint density at radius 3 is 2.50 bits per heavy atom. The van der Waals surface area contributed by atoms with Crippen molar-refractivity contribution in [2.45, 2.75) is 20.4 Å². The van der Waals surface area contributed by atoms with Crippen LogP contribution in [-0.2, 0) is 6.54 Å². The summed E-state index contributed by atoms with van der Waals surface area (Å²) in [6.45, 7) is 9.68. The third-order valence-corrected chi connectivity index (χ3v) is 4.12. The third kappa shape index (κ3) is 4.52. The van der Waals surface area contributed by atoms with Crippen LogP contribution in [0.3, 0.4) is 0 Å². The average molecular weight is 325 g/mol. The van der Waals surface area contributed by atoms with Gasteiger partial charge in [-0.15, -0.1) is 0 Å². The van der Waals surface area contributed by atoms with Crippen molar-refractivity contribution in [3.8, 4) is 0 Å². The smallest absolute Gasteiger partial charge is 0.134 e. The maximum Gasteiger partial charge on any atom is 0.134 e. The van der Waals surface area contributed by atoms with Crippen LogP contribution in [0.4, 0.5) is 4.39 Å². The number of nitrogens with one attached hydrogen (secondary N) is 2. The fourth-order valence-corrected chi connectivity index (χ4v) is 2.50. The van der Waals surface area contributed by atoms with Crippen LogP contribution >= 0.6 is 0 Å². The first-order valence-electron chi connectivity index (χ1n) is 7.98. The zero-order chi connectivity index (χ0) is 17.7. The molecule has 1 atom stereocenters. The molecule has 0 aliphatic carbocycles. The molecule has 0 radical (unpaired) electrons. The predicted octanol–water partition coefficient (Wildman–Crippen LogP) is 3.86. The van der Waals surface area contributed by atoms with Gasteiger partial charge in [-0.1, -0.05) is 49.4 Å². The number of aryl methyl sites for hydroxylation is 1. The summed E-state index contributed by atoms with van der Waals surface area (Å²) in [4.78, 5) is 0. The number of rotatable bonds is 7. The van der Waals surface area contributed by atoms with E-state index in [0.717, 1.165) is 23.2 Å². The lowest BCUT2D eigenvalue weighted by Gasteiger charge is -2.16. The SMILES string of the molecule is C=C(c1ccc(C)cc1)[C@H](C)CNCc1ccc(C(=N)N)c(F)c1. The summed E-state index contributed by atoms with van der Waals surface area (Å²) in [5, 5.41) is 10.6. The summed E-state index contributed by atoms with van der Waals surface area (Å²) in [5.41, 5.74) is 9.74. The molecule has 2 aromatic carbocycles. The maximum absolute atomic E-state index is 13.8. The van der Waals surface area contributed by atoms with Gasteiger partial charge in [-0.3, -0.25) is 5.41 Å². The molecule has 0 fully saturated rings. The molecule has 4 N–H and O–H groups in total. The van der Waals surface area contributed by atoms with E-state index in [1.165, 1.54) is 11.6 Å². The van der Waals surface area contributed by atoms with Crippen LogP contribution in [0.25, 0.3) is 5.57 Å². The van der Waals surface area contributed by atoms with Gasteiger partial charge in [-0.25, -0.2) is 4.39 Å². The molecule has 2 rings (SSSR count). The van der Waals surface area contributed by atoms with Crippen LogP contribution in [0.1, 0.15) is 29.2 Å². The Morgan fingerprint density at radius 1 is 1.25 bits per heavy atom. The van der Waals surface area contributed by atoms with Gasteiger partial charge in [0.15, 0.2) is 0 Å². The number of hydrogen-bond donors (Lipinski definition) is 3. The second kappa shape index (κ2) is 7.88. The van der Waals surface area contributed by atoms with E-state index in [-0.39, 0.29) is 17.3 Å². The molecule has 24 heavy (non-hydrogen) atoms. The molecule has 0 saturated heterocycles. The fourth-order valence-electron chi connectivity index (χ4n) is 2.50. The topological polar surface area (TPSA) is 61.9 Å². The van der Waals surface area contributed by atoms with E-state index >= 15 is 0 Å². The van der Waals surface area contributed by atoms with E-state index in [1.54, 1.807) is 12.1 Å². The molecular formula is C20H24FN3. The number of nitrogens with two attached hydrogens (primary N) is 1. The maximum atomic E-state index is 13.8. The lowest BCUT2D eigenvalue weighted by atomic mass is 9.95. The van der Waals surface area contributed by atoms with Gasteiger partial charge < -0.3 is 11.1 Å². The predicted molar refractivity (Wildman–Crippen MR) is 98.5 cm³/mol. The highest BCUT2D eigenvalue weighted by Gasteiger charge is 2.10. The van der Waals surface area contributed by atoms with E-state index in [0.29, 0.717) is 6.54 Å². The number of benzene rings is 2. The van der Waals surface area contributed by atoms with E-state index < -0.39 is 5.82 Å². The molecule has 3 nitrogen and oxygen atoms in total. The van der Waals surface area contributed by atoms with Crippen LogP contribution < -0.4 is 11.1 Å². The van der Waals surface area contributed by atoms with Gasteiger partial charge in [0.25, 0.3) is 0 Å². The van der Waals surface area contributed by atoms with Crippen molar-refractivity contribution in [1.82, 2.24) is 5.32 Å². The number of amidine groups is 1. The minimum atomic E-state index is -0.459. The zero-order valence-corrected chi connectivity index (χ0v) is 14.2. The van der Waals surface area contributed by atoms with Crippen molar-refractivity contribution in [2.24, 2.45) is 11.7 Å².